The number of hydrogen-bond donors (Lipinski definition) is 2. The van der Waals surface area contributed by atoms with Crippen LogP contribution in [0, 0.1) is 0 Å². The molecule has 2 atom stereocenters. The van der Waals surface area contributed by atoms with E-state index in [1.165, 1.54) is 11.1 Å². The van der Waals surface area contributed by atoms with Gasteiger partial charge in [-0.25, -0.2) is 0 Å². The molecule has 2 aromatic carbocycles. The van der Waals surface area contributed by atoms with Crippen LogP contribution in [0.15, 0.2) is 48.5 Å². The molecule has 2 aliphatic carbocycles. The van der Waals surface area contributed by atoms with Crippen LogP contribution in [0.3, 0.4) is 0 Å². The van der Waals surface area contributed by atoms with Gasteiger partial charge in [-0.1, -0.05) is 50.2 Å². The monoisotopic (exact) mass is 366 g/mol. The quantitative estimate of drug-likeness (QED) is 0.487. The molecule has 6 rings (SSSR count). The van der Waals surface area contributed by atoms with E-state index in [4.69, 9.17) is 21.4 Å². The van der Waals surface area contributed by atoms with Gasteiger partial charge in [0.15, 0.2) is 0 Å². The Morgan fingerprint density at radius 3 is 1.50 bits per heavy atom. The van der Waals surface area contributed by atoms with Crippen LogP contribution >= 0.6 is 0 Å². The van der Waals surface area contributed by atoms with Crippen LogP contribution in [-0.4, -0.2) is 9.97 Å². The van der Waals surface area contributed by atoms with Crippen molar-refractivity contribution < 1.29 is 0 Å². The van der Waals surface area contributed by atoms with Crippen LogP contribution in [0.4, 0.5) is 11.4 Å². The van der Waals surface area contributed by atoms with E-state index in [9.17, 15) is 0 Å². The molecular formula is C24H22N4. The third-order valence-corrected chi connectivity index (χ3v) is 7.38. The molecule has 0 aliphatic heterocycles. The van der Waals surface area contributed by atoms with Gasteiger partial charge in [-0.15, -0.1) is 0 Å². The van der Waals surface area contributed by atoms with Gasteiger partial charge >= 0.3 is 0 Å². The maximum Gasteiger partial charge on any atom is 0.0726 e. The maximum absolute atomic E-state index is 6.75. The molecule has 2 unspecified atom stereocenters. The van der Waals surface area contributed by atoms with Gasteiger partial charge in [0.05, 0.1) is 11.0 Å². The lowest BCUT2D eigenvalue weighted by Gasteiger charge is -2.36. The topological polar surface area (TPSA) is 77.8 Å². The summed E-state index contributed by atoms with van der Waals surface area (Å²) >= 11 is 0. The fourth-order valence-corrected chi connectivity index (χ4v) is 5.86. The van der Waals surface area contributed by atoms with Crippen LogP contribution in [0.2, 0.25) is 0 Å². The van der Waals surface area contributed by atoms with Gasteiger partial charge in [-0.2, -0.15) is 0 Å². The average molecular weight is 366 g/mol. The van der Waals surface area contributed by atoms with Gasteiger partial charge < -0.3 is 11.5 Å². The molecule has 4 heteroatoms. The molecule has 0 spiro atoms. The first-order valence-electron chi connectivity index (χ1n) is 9.79. The van der Waals surface area contributed by atoms with Crippen molar-refractivity contribution in [3.63, 3.8) is 0 Å². The van der Waals surface area contributed by atoms with E-state index < -0.39 is 0 Å². The van der Waals surface area contributed by atoms with Gasteiger partial charge in [0.25, 0.3) is 0 Å². The number of hydrogen-bond acceptors (Lipinski definition) is 4. The fraction of sp³-hybridized carbons (Fsp3) is 0.250. The summed E-state index contributed by atoms with van der Waals surface area (Å²) in [7, 11) is 0. The van der Waals surface area contributed by atoms with Crippen molar-refractivity contribution in [1.82, 2.24) is 9.97 Å². The summed E-state index contributed by atoms with van der Waals surface area (Å²) in [5.41, 5.74) is 21.4. The third kappa shape index (κ3) is 1.63. The molecule has 2 aliphatic rings. The Morgan fingerprint density at radius 1 is 0.679 bits per heavy atom. The zero-order chi connectivity index (χ0) is 19.3. The van der Waals surface area contributed by atoms with E-state index in [1.807, 2.05) is 36.4 Å². The number of aromatic nitrogens is 2. The Hall–Kier alpha value is -3.14. The predicted molar refractivity (Wildman–Crippen MR) is 114 cm³/mol. The lowest BCUT2D eigenvalue weighted by Crippen LogP contribution is -2.39. The molecule has 138 valence electrons. The van der Waals surface area contributed by atoms with Gasteiger partial charge in [-0.05, 0) is 12.1 Å². The smallest absolute Gasteiger partial charge is 0.0726 e. The molecule has 0 radical (unpaired) electrons. The number of para-hydroxylation sites is 2. The predicted octanol–water partition coefficient (Wildman–Crippen LogP) is 4.28. The first kappa shape index (κ1) is 15.9. The van der Waals surface area contributed by atoms with E-state index in [0.717, 1.165) is 57.4 Å². The van der Waals surface area contributed by atoms with Crippen molar-refractivity contribution in [3.8, 4) is 0 Å². The maximum atomic E-state index is 6.75. The van der Waals surface area contributed by atoms with Gasteiger partial charge in [0, 0.05) is 68.3 Å². The summed E-state index contributed by atoms with van der Waals surface area (Å²) in [4.78, 5) is 10.0. The number of nitrogens with zero attached hydrogens (tertiary/aromatic N) is 2. The summed E-state index contributed by atoms with van der Waals surface area (Å²) in [6, 6.07) is 16.3. The van der Waals surface area contributed by atoms with Gasteiger partial charge in [-0.3, -0.25) is 9.97 Å². The summed E-state index contributed by atoms with van der Waals surface area (Å²) in [5, 5.41) is 2.07. The second-order valence-corrected chi connectivity index (χ2v) is 8.75. The SMILES string of the molecule is CC12Cc3nc4ccccc4c(N)c3C1(C)Cc1nc3ccccc3c(N)c12. The Bertz CT molecular complexity index is 1220. The highest BCUT2D eigenvalue weighted by Gasteiger charge is 2.60. The molecule has 0 fully saturated rings. The summed E-state index contributed by atoms with van der Waals surface area (Å²) in [5.74, 6) is 0. The Balaban J connectivity index is 1.68. The highest BCUT2D eigenvalue weighted by atomic mass is 14.8. The molecule has 4 nitrogen and oxygen atoms in total. The molecular weight excluding hydrogens is 344 g/mol. The van der Waals surface area contributed by atoms with Crippen molar-refractivity contribution in [1.29, 1.82) is 0 Å². The molecule has 2 aromatic heterocycles. The Kier molecular flexibility index (Phi) is 2.73. The van der Waals surface area contributed by atoms with E-state index in [2.05, 4.69) is 26.0 Å². The first-order chi connectivity index (χ1) is 13.4. The van der Waals surface area contributed by atoms with Gasteiger partial charge in [0.2, 0.25) is 0 Å². The van der Waals surface area contributed by atoms with Crippen LogP contribution in [0.5, 0.6) is 0 Å². The van der Waals surface area contributed by atoms with E-state index in [-0.39, 0.29) is 10.8 Å². The number of anilines is 2. The first-order valence-corrected chi connectivity index (χ1v) is 9.79. The normalized spacial score (nSPS) is 25.1. The van der Waals surface area contributed by atoms with E-state index in [1.54, 1.807) is 0 Å². The number of benzene rings is 2. The molecule has 4 N–H and O–H groups in total. The minimum absolute atomic E-state index is 0.162. The summed E-state index contributed by atoms with van der Waals surface area (Å²) in [6.45, 7) is 4.63. The van der Waals surface area contributed by atoms with Crippen molar-refractivity contribution in [3.05, 3.63) is 71.0 Å². The largest absolute Gasteiger partial charge is 0.398 e. The number of nitrogens with two attached hydrogens (primary N) is 2. The summed E-state index contributed by atoms with van der Waals surface area (Å²) < 4.78 is 0. The lowest BCUT2D eigenvalue weighted by molar-refractivity contribution is 0.312. The molecule has 0 saturated carbocycles. The fourth-order valence-electron chi connectivity index (χ4n) is 5.86. The minimum Gasteiger partial charge on any atom is -0.398 e. The second-order valence-electron chi connectivity index (χ2n) is 8.75. The lowest BCUT2D eigenvalue weighted by atomic mass is 9.66. The van der Waals surface area contributed by atoms with Crippen molar-refractivity contribution in [2.75, 3.05) is 11.5 Å². The van der Waals surface area contributed by atoms with Crippen molar-refractivity contribution >= 4 is 33.2 Å². The van der Waals surface area contributed by atoms with E-state index in [0.29, 0.717) is 0 Å². The van der Waals surface area contributed by atoms with Crippen LogP contribution in [0.25, 0.3) is 21.8 Å². The third-order valence-electron chi connectivity index (χ3n) is 7.38. The Morgan fingerprint density at radius 2 is 1.07 bits per heavy atom. The summed E-state index contributed by atoms with van der Waals surface area (Å²) in [6.07, 6.45) is 1.68. The van der Waals surface area contributed by atoms with Gasteiger partial charge in [0.1, 0.15) is 0 Å². The molecule has 0 saturated heterocycles. The molecule has 2 heterocycles. The van der Waals surface area contributed by atoms with Crippen LogP contribution in [0.1, 0.15) is 36.4 Å². The number of pyridine rings is 2. The highest BCUT2D eigenvalue weighted by molar-refractivity contribution is 5.96. The minimum atomic E-state index is -0.162. The highest BCUT2D eigenvalue weighted by Crippen LogP contribution is 2.62. The van der Waals surface area contributed by atoms with E-state index >= 15 is 0 Å². The van der Waals surface area contributed by atoms with Crippen LogP contribution < -0.4 is 11.5 Å². The number of nitrogen functional groups attached to an aromatic ring is 2. The van der Waals surface area contributed by atoms with Crippen molar-refractivity contribution in [2.24, 2.45) is 0 Å². The van der Waals surface area contributed by atoms with Crippen molar-refractivity contribution in [2.45, 2.75) is 37.5 Å². The number of fused-ring (bicyclic) bond motifs is 7. The second kappa shape index (κ2) is 4.82. The standard InChI is InChI=1S/C24H22N4/c1-23-11-17-20(22(26)14-8-4-6-10-16(14)27-17)24(23,2)12-18-19(23)21(25)13-7-3-5-9-15(13)28-18/h3-10H,11-12H2,1-2H3,(H2,25,28)(H2,26,27). The Labute approximate surface area is 163 Å². The molecule has 28 heavy (non-hydrogen) atoms. The zero-order valence-corrected chi connectivity index (χ0v) is 16.1. The number of rotatable bonds is 0. The average Bonchev–Trinajstić information content (AvgIpc) is 3.02. The molecule has 0 bridgehead atoms. The molecule has 0 amide bonds. The molecule has 4 aromatic rings. The van der Waals surface area contributed by atoms with Crippen LogP contribution in [-0.2, 0) is 23.7 Å². The zero-order valence-electron chi connectivity index (χ0n) is 16.1.